The highest BCUT2D eigenvalue weighted by molar-refractivity contribution is 6.12. The Bertz CT molecular complexity index is 1170. The smallest absolute Gasteiger partial charge is 0.0540 e. The highest BCUT2D eigenvalue weighted by Crippen LogP contribution is 2.40. The predicted molar refractivity (Wildman–Crippen MR) is 116 cm³/mol. The zero-order valence-corrected chi connectivity index (χ0v) is 14.9. The van der Waals surface area contributed by atoms with Crippen molar-refractivity contribution in [2.45, 2.75) is 0 Å². The van der Waals surface area contributed by atoms with Crippen molar-refractivity contribution >= 4 is 38.6 Å². The molecule has 1 nitrogen and oxygen atoms in total. The first-order valence-corrected chi connectivity index (χ1v) is 9.22. The van der Waals surface area contributed by atoms with E-state index in [0.717, 1.165) is 11.4 Å². The zero-order valence-electron chi connectivity index (χ0n) is 14.9. The molecule has 0 atom stereocenters. The van der Waals surface area contributed by atoms with Crippen molar-refractivity contribution in [3.8, 4) is 0 Å². The van der Waals surface area contributed by atoms with Gasteiger partial charge in [-0.15, -0.1) is 0 Å². The van der Waals surface area contributed by atoms with E-state index >= 15 is 0 Å². The lowest BCUT2D eigenvalue weighted by Gasteiger charge is -2.27. The van der Waals surface area contributed by atoms with Crippen LogP contribution in [0.15, 0.2) is 115 Å². The minimum absolute atomic E-state index is 1.16. The molecule has 0 saturated heterocycles. The molecule has 5 aromatic carbocycles. The van der Waals surface area contributed by atoms with Crippen LogP contribution in [0.5, 0.6) is 0 Å². The van der Waals surface area contributed by atoms with Gasteiger partial charge < -0.3 is 4.90 Å². The minimum Gasteiger partial charge on any atom is -0.310 e. The monoisotopic (exact) mass is 345 g/mol. The summed E-state index contributed by atoms with van der Waals surface area (Å²) in [5.41, 5.74) is 3.50. The zero-order chi connectivity index (χ0) is 18.1. The molecule has 128 valence electrons. The summed E-state index contributed by atoms with van der Waals surface area (Å²) in [5, 5.41) is 5.09. The molecule has 0 aliphatic carbocycles. The Labute approximate surface area is 159 Å². The van der Waals surface area contributed by atoms with Gasteiger partial charge in [-0.3, -0.25) is 0 Å². The fourth-order valence-corrected chi connectivity index (χ4v) is 3.80. The molecular weight excluding hydrogens is 326 g/mol. The highest BCUT2D eigenvalue weighted by atomic mass is 15.1. The Morgan fingerprint density at radius 3 is 1.67 bits per heavy atom. The summed E-state index contributed by atoms with van der Waals surface area (Å²) in [5.74, 6) is 0. The van der Waals surface area contributed by atoms with Gasteiger partial charge >= 0.3 is 0 Å². The van der Waals surface area contributed by atoms with E-state index in [1.165, 1.54) is 27.2 Å². The first-order valence-electron chi connectivity index (χ1n) is 9.22. The Balaban J connectivity index is 1.82. The largest absolute Gasteiger partial charge is 0.310 e. The van der Waals surface area contributed by atoms with E-state index in [-0.39, 0.29) is 0 Å². The van der Waals surface area contributed by atoms with Crippen molar-refractivity contribution in [1.29, 1.82) is 0 Å². The highest BCUT2D eigenvalue weighted by Gasteiger charge is 2.15. The molecule has 0 aliphatic heterocycles. The minimum atomic E-state index is 1.16. The molecule has 5 rings (SSSR count). The van der Waals surface area contributed by atoms with Crippen LogP contribution >= 0.6 is 0 Å². The van der Waals surface area contributed by atoms with Gasteiger partial charge in [-0.05, 0) is 46.5 Å². The standard InChI is InChI=1S/C26H19N/c1-3-11-21(12-4-1)27(22-13-5-2-6-14-22)26-17-9-16-24-23-15-8-7-10-20(23)18-19-25(24)26/h1-19H. The van der Waals surface area contributed by atoms with Gasteiger partial charge in [0.2, 0.25) is 0 Å². The predicted octanol–water partition coefficient (Wildman–Crippen LogP) is 7.46. The third kappa shape index (κ3) is 2.74. The van der Waals surface area contributed by atoms with E-state index in [9.17, 15) is 0 Å². The van der Waals surface area contributed by atoms with Crippen molar-refractivity contribution in [1.82, 2.24) is 0 Å². The van der Waals surface area contributed by atoms with Gasteiger partial charge in [-0.1, -0.05) is 84.9 Å². The molecule has 27 heavy (non-hydrogen) atoms. The molecule has 1 heteroatoms. The number of hydrogen-bond acceptors (Lipinski definition) is 1. The van der Waals surface area contributed by atoms with Gasteiger partial charge in [-0.25, -0.2) is 0 Å². The van der Waals surface area contributed by atoms with Gasteiger partial charge in [0.1, 0.15) is 0 Å². The average Bonchev–Trinajstić information content (AvgIpc) is 2.75. The summed E-state index contributed by atoms with van der Waals surface area (Å²) < 4.78 is 0. The summed E-state index contributed by atoms with van der Waals surface area (Å²) in [4.78, 5) is 2.33. The summed E-state index contributed by atoms with van der Waals surface area (Å²) in [7, 11) is 0. The van der Waals surface area contributed by atoms with Gasteiger partial charge in [0.15, 0.2) is 0 Å². The molecule has 0 heterocycles. The van der Waals surface area contributed by atoms with Gasteiger partial charge in [-0.2, -0.15) is 0 Å². The van der Waals surface area contributed by atoms with E-state index in [4.69, 9.17) is 0 Å². The van der Waals surface area contributed by atoms with Crippen LogP contribution in [-0.2, 0) is 0 Å². The van der Waals surface area contributed by atoms with Crippen LogP contribution in [0.1, 0.15) is 0 Å². The van der Waals surface area contributed by atoms with Crippen LogP contribution in [0.2, 0.25) is 0 Å². The number of hydrogen-bond donors (Lipinski definition) is 0. The van der Waals surface area contributed by atoms with E-state index in [2.05, 4.69) is 120 Å². The molecule has 0 unspecified atom stereocenters. The number of fused-ring (bicyclic) bond motifs is 3. The number of para-hydroxylation sites is 2. The van der Waals surface area contributed by atoms with Crippen LogP contribution < -0.4 is 4.90 Å². The van der Waals surface area contributed by atoms with E-state index < -0.39 is 0 Å². The molecule has 0 aromatic heterocycles. The molecular formula is C26H19N. The number of benzene rings is 5. The molecule has 0 radical (unpaired) electrons. The van der Waals surface area contributed by atoms with Crippen LogP contribution in [0.25, 0.3) is 21.5 Å². The Morgan fingerprint density at radius 1 is 0.370 bits per heavy atom. The first kappa shape index (κ1) is 15.7. The van der Waals surface area contributed by atoms with Crippen LogP contribution in [-0.4, -0.2) is 0 Å². The molecule has 0 saturated carbocycles. The Kier molecular flexibility index (Phi) is 3.84. The van der Waals surface area contributed by atoms with Crippen molar-refractivity contribution in [3.63, 3.8) is 0 Å². The quantitative estimate of drug-likeness (QED) is 0.307. The third-order valence-corrected chi connectivity index (χ3v) is 5.03. The summed E-state index contributed by atoms with van der Waals surface area (Å²) >= 11 is 0. The van der Waals surface area contributed by atoms with E-state index in [1.54, 1.807) is 0 Å². The summed E-state index contributed by atoms with van der Waals surface area (Å²) in [6, 6.07) is 40.7. The second kappa shape index (κ2) is 6.62. The second-order valence-corrected chi connectivity index (χ2v) is 6.67. The van der Waals surface area contributed by atoms with Crippen molar-refractivity contribution in [3.05, 3.63) is 115 Å². The Morgan fingerprint density at radius 2 is 0.963 bits per heavy atom. The molecule has 5 aromatic rings. The third-order valence-electron chi connectivity index (χ3n) is 5.03. The summed E-state index contributed by atoms with van der Waals surface area (Å²) in [6.45, 7) is 0. The maximum atomic E-state index is 2.33. The van der Waals surface area contributed by atoms with E-state index in [0.29, 0.717) is 0 Å². The molecule has 0 amide bonds. The second-order valence-electron chi connectivity index (χ2n) is 6.67. The lowest BCUT2D eigenvalue weighted by Crippen LogP contribution is -2.10. The molecule has 0 bridgehead atoms. The molecule has 0 spiro atoms. The normalized spacial score (nSPS) is 11.0. The van der Waals surface area contributed by atoms with Gasteiger partial charge in [0, 0.05) is 16.8 Å². The lowest BCUT2D eigenvalue weighted by molar-refractivity contribution is 1.30. The fraction of sp³-hybridized carbons (Fsp3) is 0. The van der Waals surface area contributed by atoms with Gasteiger partial charge in [0.25, 0.3) is 0 Å². The molecule has 0 fully saturated rings. The van der Waals surface area contributed by atoms with Crippen LogP contribution in [0, 0.1) is 0 Å². The lowest BCUT2D eigenvalue weighted by atomic mass is 10.00. The maximum Gasteiger partial charge on any atom is 0.0540 e. The molecule has 0 N–H and O–H groups in total. The number of nitrogens with zero attached hydrogens (tertiary/aromatic N) is 1. The van der Waals surface area contributed by atoms with Crippen LogP contribution in [0.3, 0.4) is 0 Å². The van der Waals surface area contributed by atoms with Crippen molar-refractivity contribution in [2.75, 3.05) is 4.90 Å². The first-order chi connectivity index (χ1) is 13.4. The Hall–Kier alpha value is -3.58. The topological polar surface area (TPSA) is 3.24 Å². The van der Waals surface area contributed by atoms with Crippen LogP contribution in [0.4, 0.5) is 17.1 Å². The maximum absolute atomic E-state index is 2.33. The molecule has 0 aliphatic rings. The van der Waals surface area contributed by atoms with E-state index in [1.807, 2.05) is 0 Å². The SMILES string of the molecule is c1ccc(N(c2ccccc2)c2cccc3c2ccc2ccccc23)cc1. The number of anilines is 3. The fourth-order valence-electron chi connectivity index (χ4n) is 3.80. The van der Waals surface area contributed by atoms with Crippen molar-refractivity contribution < 1.29 is 0 Å². The average molecular weight is 345 g/mol. The number of rotatable bonds is 3. The van der Waals surface area contributed by atoms with Gasteiger partial charge in [0.05, 0.1) is 5.69 Å². The van der Waals surface area contributed by atoms with Crippen molar-refractivity contribution in [2.24, 2.45) is 0 Å². The summed E-state index contributed by atoms with van der Waals surface area (Å²) in [6.07, 6.45) is 0.